The molecule has 108 valence electrons. The van der Waals surface area contributed by atoms with Crippen molar-refractivity contribution < 1.29 is 0 Å². The van der Waals surface area contributed by atoms with Crippen LogP contribution in [-0.2, 0) is 0 Å². The third kappa shape index (κ3) is 4.55. The first-order valence-electron chi connectivity index (χ1n) is 8.12. The highest BCUT2D eigenvalue weighted by Crippen LogP contribution is 2.41. The van der Waals surface area contributed by atoms with Gasteiger partial charge in [-0.15, -0.1) is 0 Å². The highest BCUT2D eigenvalue weighted by Gasteiger charge is 2.35. The van der Waals surface area contributed by atoms with Crippen molar-refractivity contribution in [3.05, 3.63) is 0 Å². The molecular weight excluding hydrogens is 220 g/mol. The fourth-order valence-corrected chi connectivity index (χ4v) is 3.58. The summed E-state index contributed by atoms with van der Waals surface area (Å²) in [5.74, 6) is 6.72. The average molecular weight is 254 g/mol. The Labute approximate surface area is 114 Å². The zero-order valence-electron chi connectivity index (χ0n) is 12.8. The van der Waals surface area contributed by atoms with Crippen LogP contribution in [0.4, 0.5) is 0 Å². The van der Waals surface area contributed by atoms with Crippen molar-refractivity contribution in [3.8, 4) is 0 Å². The van der Waals surface area contributed by atoms with Crippen molar-refractivity contribution in [1.82, 2.24) is 5.43 Å². The Hall–Kier alpha value is -0.0800. The largest absolute Gasteiger partial charge is 0.271 e. The van der Waals surface area contributed by atoms with E-state index < -0.39 is 0 Å². The molecule has 0 aromatic carbocycles. The molecule has 1 rings (SSSR count). The van der Waals surface area contributed by atoms with Crippen LogP contribution in [0.3, 0.4) is 0 Å². The Balaban J connectivity index is 2.52. The summed E-state index contributed by atoms with van der Waals surface area (Å²) in [5.41, 5.74) is 3.59. The molecule has 1 saturated carbocycles. The molecule has 0 amide bonds. The van der Waals surface area contributed by atoms with E-state index >= 15 is 0 Å². The van der Waals surface area contributed by atoms with Crippen LogP contribution < -0.4 is 11.3 Å². The molecule has 2 atom stereocenters. The average Bonchev–Trinajstić information content (AvgIpc) is 2.40. The zero-order chi connectivity index (χ0) is 13.4. The fraction of sp³-hybridized carbons (Fsp3) is 1.00. The van der Waals surface area contributed by atoms with Gasteiger partial charge in [0.2, 0.25) is 0 Å². The molecule has 0 aromatic rings. The van der Waals surface area contributed by atoms with Crippen LogP contribution in [0.15, 0.2) is 0 Å². The number of hydrazine groups is 1. The van der Waals surface area contributed by atoms with Gasteiger partial charge in [0, 0.05) is 6.04 Å². The lowest BCUT2D eigenvalue weighted by Crippen LogP contribution is -2.49. The van der Waals surface area contributed by atoms with Crippen LogP contribution in [0, 0.1) is 11.3 Å². The van der Waals surface area contributed by atoms with Gasteiger partial charge in [-0.2, -0.15) is 0 Å². The van der Waals surface area contributed by atoms with Crippen molar-refractivity contribution in [1.29, 1.82) is 0 Å². The van der Waals surface area contributed by atoms with E-state index in [9.17, 15) is 0 Å². The number of nitrogens with two attached hydrogens (primary N) is 1. The van der Waals surface area contributed by atoms with E-state index in [1.807, 2.05) is 0 Å². The fourth-order valence-electron chi connectivity index (χ4n) is 3.58. The lowest BCUT2D eigenvalue weighted by molar-refractivity contribution is 0.122. The van der Waals surface area contributed by atoms with E-state index in [0.29, 0.717) is 11.5 Å². The molecule has 18 heavy (non-hydrogen) atoms. The smallest absolute Gasteiger partial charge is 0.0266 e. The topological polar surface area (TPSA) is 38.0 Å². The Bertz CT molecular complexity index is 209. The van der Waals surface area contributed by atoms with Crippen molar-refractivity contribution in [2.45, 2.75) is 91.0 Å². The van der Waals surface area contributed by atoms with Crippen molar-refractivity contribution in [2.75, 3.05) is 0 Å². The molecule has 1 fully saturated rings. The van der Waals surface area contributed by atoms with Crippen molar-refractivity contribution in [3.63, 3.8) is 0 Å². The number of hydrogen-bond acceptors (Lipinski definition) is 2. The van der Waals surface area contributed by atoms with Gasteiger partial charge in [0.1, 0.15) is 0 Å². The van der Waals surface area contributed by atoms with Gasteiger partial charge in [0.05, 0.1) is 0 Å². The van der Waals surface area contributed by atoms with Crippen molar-refractivity contribution in [2.24, 2.45) is 17.2 Å². The molecule has 2 unspecified atom stereocenters. The molecule has 2 nitrogen and oxygen atoms in total. The van der Waals surface area contributed by atoms with Crippen molar-refractivity contribution >= 4 is 0 Å². The SMILES string of the molecule is CCCCC(CC)CC(NN)C1(C)CCCCC1. The predicted octanol–water partition coefficient (Wildman–Crippen LogP) is 4.40. The van der Waals surface area contributed by atoms with Gasteiger partial charge in [-0.1, -0.05) is 65.7 Å². The molecule has 1 aliphatic carbocycles. The monoisotopic (exact) mass is 254 g/mol. The Morgan fingerprint density at radius 2 is 1.83 bits per heavy atom. The number of unbranched alkanes of at least 4 members (excludes halogenated alkanes) is 1. The highest BCUT2D eigenvalue weighted by molar-refractivity contribution is 4.90. The molecule has 0 saturated heterocycles. The molecule has 0 bridgehead atoms. The third-order valence-corrected chi connectivity index (χ3v) is 5.15. The van der Waals surface area contributed by atoms with Crippen LogP contribution in [0.2, 0.25) is 0 Å². The lowest BCUT2D eigenvalue weighted by atomic mass is 9.68. The first-order chi connectivity index (χ1) is 8.66. The first kappa shape index (κ1) is 16.0. The van der Waals surface area contributed by atoms with Crippen LogP contribution >= 0.6 is 0 Å². The standard InChI is InChI=1S/C16H34N2/c1-4-6-10-14(5-2)13-15(18-17)16(3)11-8-7-9-12-16/h14-15,18H,4-13,17H2,1-3H3. The molecule has 0 aliphatic heterocycles. The predicted molar refractivity (Wildman–Crippen MR) is 80.2 cm³/mol. The maximum absolute atomic E-state index is 5.87. The summed E-state index contributed by atoms with van der Waals surface area (Å²) in [6.07, 6.45) is 13.5. The van der Waals surface area contributed by atoms with E-state index in [-0.39, 0.29) is 0 Å². The van der Waals surface area contributed by atoms with Gasteiger partial charge >= 0.3 is 0 Å². The second-order valence-corrected chi connectivity index (χ2v) is 6.59. The lowest BCUT2D eigenvalue weighted by Gasteiger charge is -2.42. The minimum Gasteiger partial charge on any atom is -0.271 e. The van der Waals surface area contributed by atoms with E-state index in [4.69, 9.17) is 5.84 Å². The Morgan fingerprint density at radius 1 is 1.17 bits per heavy atom. The highest BCUT2D eigenvalue weighted by atomic mass is 15.2. The van der Waals surface area contributed by atoms with E-state index in [0.717, 1.165) is 5.92 Å². The zero-order valence-corrected chi connectivity index (χ0v) is 12.8. The summed E-state index contributed by atoms with van der Waals surface area (Å²) >= 11 is 0. The third-order valence-electron chi connectivity index (χ3n) is 5.15. The normalized spacial score (nSPS) is 22.7. The summed E-state index contributed by atoms with van der Waals surface area (Å²) in [4.78, 5) is 0. The molecule has 1 aliphatic rings. The summed E-state index contributed by atoms with van der Waals surface area (Å²) in [6.45, 7) is 7.06. The van der Waals surface area contributed by atoms with Gasteiger partial charge in [0.25, 0.3) is 0 Å². The molecule has 0 radical (unpaired) electrons. The number of hydrogen-bond donors (Lipinski definition) is 2. The minimum atomic E-state index is 0.437. The van der Waals surface area contributed by atoms with Crippen LogP contribution in [0.5, 0.6) is 0 Å². The van der Waals surface area contributed by atoms with Crippen LogP contribution in [0.1, 0.15) is 85.0 Å². The maximum Gasteiger partial charge on any atom is 0.0266 e. The van der Waals surface area contributed by atoms with Crippen LogP contribution in [0.25, 0.3) is 0 Å². The van der Waals surface area contributed by atoms with E-state index in [1.54, 1.807) is 0 Å². The second kappa shape index (κ2) is 8.16. The molecular formula is C16H34N2. The van der Waals surface area contributed by atoms with Gasteiger partial charge in [-0.05, 0) is 30.6 Å². The van der Waals surface area contributed by atoms with Gasteiger partial charge in [-0.3, -0.25) is 11.3 Å². The van der Waals surface area contributed by atoms with E-state index in [2.05, 4.69) is 26.2 Å². The number of rotatable bonds is 8. The number of nitrogens with one attached hydrogen (secondary N) is 1. The van der Waals surface area contributed by atoms with Gasteiger partial charge < -0.3 is 0 Å². The molecule has 0 spiro atoms. The summed E-state index contributed by atoms with van der Waals surface area (Å²) in [7, 11) is 0. The Morgan fingerprint density at radius 3 is 2.33 bits per heavy atom. The molecule has 0 aromatic heterocycles. The summed E-state index contributed by atoms with van der Waals surface area (Å²) < 4.78 is 0. The summed E-state index contributed by atoms with van der Waals surface area (Å²) in [6, 6.07) is 0.514. The van der Waals surface area contributed by atoms with Crippen LogP contribution in [-0.4, -0.2) is 6.04 Å². The first-order valence-corrected chi connectivity index (χ1v) is 8.12. The second-order valence-electron chi connectivity index (χ2n) is 6.59. The molecule has 2 heteroatoms. The summed E-state index contributed by atoms with van der Waals surface area (Å²) in [5, 5.41) is 0. The van der Waals surface area contributed by atoms with Gasteiger partial charge in [-0.25, -0.2) is 0 Å². The quantitative estimate of drug-likeness (QED) is 0.498. The van der Waals surface area contributed by atoms with E-state index in [1.165, 1.54) is 64.2 Å². The van der Waals surface area contributed by atoms with Gasteiger partial charge in [0.15, 0.2) is 0 Å². The molecule has 0 heterocycles. The Kier molecular flexibility index (Phi) is 7.25. The maximum atomic E-state index is 5.87. The minimum absolute atomic E-state index is 0.437. The molecule has 3 N–H and O–H groups in total.